The van der Waals surface area contributed by atoms with Crippen molar-refractivity contribution in [3.8, 4) is 0 Å². The predicted molar refractivity (Wildman–Crippen MR) is 88.3 cm³/mol. The summed E-state index contributed by atoms with van der Waals surface area (Å²) in [6, 6.07) is 16.1. The molecule has 0 radical (unpaired) electrons. The van der Waals surface area contributed by atoms with Crippen molar-refractivity contribution in [2.24, 2.45) is 0 Å². The number of aryl methyl sites for hydroxylation is 1. The van der Waals surface area contributed by atoms with E-state index in [-0.39, 0.29) is 17.3 Å². The number of benzene rings is 2. The van der Waals surface area contributed by atoms with Gasteiger partial charge >= 0.3 is 0 Å². The molecule has 2 rings (SSSR count). The molecule has 21 heavy (non-hydrogen) atoms. The first kappa shape index (κ1) is 15.6. The monoisotopic (exact) mass is 285 g/mol. The summed E-state index contributed by atoms with van der Waals surface area (Å²) in [5.74, 6) is -0.158. The van der Waals surface area contributed by atoms with Crippen LogP contribution in [0.4, 0.5) is 10.1 Å². The molecular formula is C19H24FN. The fourth-order valence-corrected chi connectivity index (χ4v) is 2.79. The highest BCUT2D eigenvalue weighted by Crippen LogP contribution is 2.29. The van der Waals surface area contributed by atoms with E-state index in [2.05, 4.69) is 50.4 Å². The van der Waals surface area contributed by atoms with Crippen LogP contribution >= 0.6 is 0 Å². The number of halogens is 1. The van der Waals surface area contributed by atoms with Gasteiger partial charge in [-0.3, -0.25) is 0 Å². The fraction of sp³-hybridized carbons (Fsp3) is 0.368. The van der Waals surface area contributed by atoms with Gasteiger partial charge in [0.05, 0.1) is 0 Å². The first-order valence-corrected chi connectivity index (χ1v) is 7.47. The second-order valence-corrected chi connectivity index (χ2v) is 6.46. The number of hydrogen-bond acceptors (Lipinski definition) is 1. The molecule has 0 saturated heterocycles. The van der Waals surface area contributed by atoms with Crippen LogP contribution in [0.5, 0.6) is 0 Å². The Morgan fingerprint density at radius 3 is 2.38 bits per heavy atom. The minimum atomic E-state index is -0.158. The molecule has 0 aliphatic rings. The molecule has 1 atom stereocenters. The van der Waals surface area contributed by atoms with E-state index in [1.54, 1.807) is 13.0 Å². The zero-order valence-corrected chi connectivity index (χ0v) is 13.3. The van der Waals surface area contributed by atoms with Crippen molar-refractivity contribution in [2.45, 2.75) is 45.6 Å². The fourth-order valence-electron chi connectivity index (χ4n) is 2.79. The van der Waals surface area contributed by atoms with Gasteiger partial charge in [-0.2, -0.15) is 0 Å². The second kappa shape index (κ2) is 6.30. The molecule has 0 fully saturated rings. The number of hydrogen-bond donors (Lipinski definition) is 1. The highest BCUT2D eigenvalue weighted by Gasteiger charge is 2.23. The predicted octanol–water partition coefficient (Wildman–Crippen LogP) is 5.30. The van der Waals surface area contributed by atoms with Crippen molar-refractivity contribution in [1.29, 1.82) is 0 Å². The maximum Gasteiger partial charge on any atom is 0.128 e. The van der Waals surface area contributed by atoms with Crippen LogP contribution in [-0.4, -0.2) is 6.04 Å². The van der Waals surface area contributed by atoms with Gasteiger partial charge in [-0.05, 0) is 48.9 Å². The molecule has 0 heterocycles. The average Bonchev–Trinajstić information content (AvgIpc) is 2.43. The summed E-state index contributed by atoms with van der Waals surface area (Å²) in [5, 5.41) is 3.40. The molecule has 1 N–H and O–H groups in total. The summed E-state index contributed by atoms with van der Waals surface area (Å²) in [5.41, 5.74) is 2.93. The lowest BCUT2D eigenvalue weighted by Gasteiger charge is -2.29. The van der Waals surface area contributed by atoms with Crippen LogP contribution < -0.4 is 5.32 Å². The van der Waals surface area contributed by atoms with Crippen LogP contribution in [0, 0.1) is 12.7 Å². The SMILES string of the molecule is Cc1ccc(NC(C)CC(C)(C)c2ccccc2)cc1F. The molecule has 0 amide bonds. The van der Waals surface area contributed by atoms with Crippen molar-refractivity contribution in [2.75, 3.05) is 5.32 Å². The zero-order valence-electron chi connectivity index (χ0n) is 13.3. The molecule has 0 aromatic heterocycles. The highest BCUT2D eigenvalue weighted by molar-refractivity contribution is 5.46. The van der Waals surface area contributed by atoms with Crippen molar-refractivity contribution in [3.63, 3.8) is 0 Å². The Labute approximate surface area is 127 Å². The Morgan fingerprint density at radius 1 is 1.10 bits per heavy atom. The maximum atomic E-state index is 13.6. The van der Waals surface area contributed by atoms with E-state index in [0.29, 0.717) is 5.56 Å². The summed E-state index contributed by atoms with van der Waals surface area (Å²) in [4.78, 5) is 0. The van der Waals surface area contributed by atoms with E-state index >= 15 is 0 Å². The number of anilines is 1. The van der Waals surface area contributed by atoms with E-state index in [1.165, 1.54) is 5.56 Å². The Hall–Kier alpha value is -1.83. The number of nitrogens with one attached hydrogen (secondary N) is 1. The molecule has 0 saturated carbocycles. The third-order valence-electron chi connectivity index (χ3n) is 3.96. The van der Waals surface area contributed by atoms with Crippen molar-refractivity contribution in [3.05, 3.63) is 65.5 Å². The minimum absolute atomic E-state index is 0.0803. The normalized spacial score (nSPS) is 13.0. The maximum absolute atomic E-state index is 13.6. The Bertz CT molecular complexity index is 590. The average molecular weight is 285 g/mol. The molecule has 0 spiro atoms. The van der Waals surface area contributed by atoms with Gasteiger partial charge < -0.3 is 5.32 Å². The van der Waals surface area contributed by atoms with Crippen LogP contribution in [0.3, 0.4) is 0 Å². The summed E-state index contributed by atoms with van der Waals surface area (Å²) in [7, 11) is 0. The van der Waals surface area contributed by atoms with Gasteiger partial charge in [0, 0.05) is 11.7 Å². The molecule has 0 bridgehead atoms. The summed E-state index contributed by atoms with van der Waals surface area (Å²) >= 11 is 0. The van der Waals surface area contributed by atoms with E-state index in [1.807, 2.05) is 18.2 Å². The second-order valence-electron chi connectivity index (χ2n) is 6.46. The first-order valence-electron chi connectivity index (χ1n) is 7.47. The standard InChI is InChI=1S/C19H24FN/c1-14-10-11-17(12-18(14)20)21-15(2)13-19(3,4)16-8-6-5-7-9-16/h5-12,15,21H,13H2,1-4H3. The lowest BCUT2D eigenvalue weighted by molar-refractivity contribution is 0.450. The summed E-state index contributed by atoms with van der Waals surface area (Å²) in [6.45, 7) is 8.41. The Kier molecular flexibility index (Phi) is 4.66. The van der Waals surface area contributed by atoms with Gasteiger partial charge in [0.2, 0.25) is 0 Å². The molecule has 2 heteroatoms. The lowest BCUT2D eigenvalue weighted by Crippen LogP contribution is -2.27. The Balaban J connectivity index is 2.04. The molecular weight excluding hydrogens is 261 g/mol. The Morgan fingerprint density at radius 2 is 1.76 bits per heavy atom. The molecule has 2 aromatic carbocycles. The molecule has 1 unspecified atom stereocenters. The smallest absolute Gasteiger partial charge is 0.128 e. The van der Waals surface area contributed by atoms with Crippen LogP contribution in [-0.2, 0) is 5.41 Å². The highest BCUT2D eigenvalue weighted by atomic mass is 19.1. The van der Waals surface area contributed by atoms with Crippen LogP contribution in [0.1, 0.15) is 38.3 Å². The van der Waals surface area contributed by atoms with Gasteiger partial charge in [-0.1, -0.05) is 50.2 Å². The van der Waals surface area contributed by atoms with Gasteiger partial charge in [-0.25, -0.2) is 4.39 Å². The lowest BCUT2D eigenvalue weighted by atomic mass is 9.79. The van der Waals surface area contributed by atoms with E-state index < -0.39 is 0 Å². The van der Waals surface area contributed by atoms with E-state index in [0.717, 1.165) is 12.1 Å². The van der Waals surface area contributed by atoms with Gasteiger partial charge in [-0.15, -0.1) is 0 Å². The molecule has 2 aromatic rings. The van der Waals surface area contributed by atoms with Gasteiger partial charge in [0.25, 0.3) is 0 Å². The molecule has 0 aliphatic heterocycles. The van der Waals surface area contributed by atoms with E-state index in [9.17, 15) is 4.39 Å². The van der Waals surface area contributed by atoms with Crippen LogP contribution in [0.25, 0.3) is 0 Å². The molecule has 0 aliphatic carbocycles. The van der Waals surface area contributed by atoms with E-state index in [4.69, 9.17) is 0 Å². The zero-order chi connectivity index (χ0) is 15.5. The van der Waals surface area contributed by atoms with Crippen molar-refractivity contribution >= 4 is 5.69 Å². The summed E-state index contributed by atoms with van der Waals surface area (Å²) < 4.78 is 13.6. The third-order valence-corrected chi connectivity index (χ3v) is 3.96. The van der Waals surface area contributed by atoms with Gasteiger partial charge in [0.1, 0.15) is 5.82 Å². The van der Waals surface area contributed by atoms with Crippen LogP contribution in [0.15, 0.2) is 48.5 Å². The number of rotatable bonds is 5. The van der Waals surface area contributed by atoms with Crippen LogP contribution in [0.2, 0.25) is 0 Å². The van der Waals surface area contributed by atoms with Gasteiger partial charge in [0.15, 0.2) is 0 Å². The molecule has 112 valence electrons. The largest absolute Gasteiger partial charge is 0.382 e. The minimum Gasteiger partial charge on any atom is -0.382 e. The van der Waals surface area contributed by atoms with Crippen molar-refractivity contribution < 1.29 is 4.39 Å². The first-order chi connectivity index (χ1) is 9.88. The third kappa shape index (κ3) is 4.07. The summed E-state index contributed by atoms with van der Waals surface area (Å²) in [6.07, 6.45) is 0.979. The quantitative estimate of drug-likeness (QED) is 0.785. The molecule has 1 nitrogen and oxygen atoms in total. The van der Waals surface area contributed by atoms with Crippen molar-refractivity contribution in [1.82, 2.24) is 0 Å². The topological polar surface area (TPSA) is 12.0 Å².